The van der Waals surface area contributed by atoms with Gasteiger partial charge in [0.2, 0.25) is 0 Å². The molecule has 2 nitrogen and oxygen atoms in total. The van der Waals surface area contributed by atoms with Crippen molar-refractivity contribution in [1.82, 2.24) is 0 Å². The highest BCUT2D eigenvalue weighted by Crippen LogP contribution is 2.69. The van der Waals surface area contributed by atoms with Crippen molar-refractivity contribution in [3.8, 4) is 0 Å². The number of fused-ring (bicyclic) bond motifs is 5. The second kappa shape index (κ2) is 7.56. The molecule has 4 rings (SSSR count). The topological polar surface area (TPSA) is 40.5 Å². The minimum atomic E-state index is -0.150. The second-order valence-electron chi connectivity index (χ2n) is 11.9. The van der Waals surface area contributed by atoms with Gasteiger partial charge in [0.05, 0.1) is 12.2 Å². The summed E-state index contributed by atoms with van der Waals surface area (Å²) in [6, 6.07) is 0. The standard InChI is InChI=1S/C26H46O2/c1-6-8-16(3)19-9-10-20-23-21(12-14-25(19,20)4)26(5)13-11-17(27)15-22(26)18(7-2)24(23)28/h16-24,27-28H,6-15H2,1-5H3/t16-,17-,18-,19-,20?,21?,22?,23?,24-,25-,26-/m1/s1. The van der Waals surface area contributed by atoms with Crippen LogP contribution in [0.2, 0.25) is 0 Å². The van der Waals surface area contributed by atoms with Gasteiger partial charge in [0.1, 0.15) is 0 Å². The van der Waals surface area contributed by atoms with Crippen LogP contribution in [0, 0.1) is 52.3 Å². The molecule has 162 valence electrons. The van der Waals surface area contributed by atoms with Gasteiger partial charge in [-0.15, -0.1) is 0 Å². The molecule has 11 atom stereocenters. The van der Waals surface area contributed by atoms with Gasteiger partial charge in [0.15, 0.2) is 0 Å². The lowest BCUT2D eigenvalue weighted by Gasteiger charge is -2.64. The third-order valence-electron chi connectivity index (χ3n) is 10.9. The van der Waals surface area contributed by atoms with Gasteiger partial charge in [0.25, 0.3) is 0 Å². The van der Waals surface area contributed by atoms with Crippen molar-refractivity contribution in [2.75, 3.05) is 0 Å². The molecule has 0 aromatic rings. The minimum Gasteiger partial charge on any atom is -0.393 e. The number of aliphatic hydroxyl groups excluding tert-OH is 2. The lowest BCUT2D eigenvalue weighted by Crippen LogP contribution is -2.62. The van der Waals surface area contributed by atoms with Gasteiger partial charge in [-0.3, -0.25) is 0 Å². The maximum Gasteiger partial charge on any atom is 0.0605 e. The molecule has 0 radical (unpaired) electrons. The Bertz CT molecular complexity index is 561. The Kier molecular flexibility index (Phi) is 5.71. The van der Waals surface area contributed by atoms with E-state index in [1.807, 2.05) is 0 Å². The third-order valence-corrected chi connectivity index (χ3v) is 10.9. The lowest BCUT2D eigenvalue weighted by molar-refractivity contribution is -0.203. The molecule has 0 aromatic heterocycles. The summed E-state index contributed by atoms with van der Waals surface area (Å²) in [7, 11) is 0. The Morgan fingerprint density at radius 1 is 0.893 bits per heavy atom. The maximum atomic E-state index is 11.7. The summed E-state index contributed by atoms with van der Waals surface area (Å²) >= 11 is 0. The van der Waals surface area contributed by atoms with E-state index in [9.17, 15) is 10.2 Å². The van der Waals surface area contributed by atoms with Crippen LogP contribution in [0.15, 0.2) is 0 Å². The molecule has 2 heteroatoms. The van der Waals surface area contributed by atoms with Gasteiger partial charge in [-0.2, -0.15) is 0 Å². The van der Waals surface area contributed by atoms with Crippen LogP contribution in [-0.4, -0.2) is 22.4 Å². The summed E-state index contributed by atoms with van der Waals surface area (Å²) in [4.78, 5) is 0. The molecule has 4 fully saturated rings. The average Bonchev–Trinajstić information content (AvgIpc) is 3.01. The smallest absolute Gasteiger partial charge is 0.0605 e. The lowest BCUT2D eigenvalue weighted by atomic mass is 9.41. The molecule has 0 aromatic carbocycles. The van der Waals surface area contributed by atoms with Crippen molar-refractivity contribution in [1.29, 1.82) is 0 Å². The van der Waals surface area contributed by atoms with Crippen molar-refractivity contribution < 1.29 is 10.2 Å². The number of hydrogen-bond acceptors (Lipinski definition) is 2. The first kappa shape index (κ1) is 21.2. The van der Waals surface area contributed by atoms with E-state index >= 15 is 0 Å². The van der Waals surface area contributed by atoms with Gasteiger partial charge < -0.3 is 10.2 Å². The van der Waals surface area contributed by atoms with Crippen LogP contribution >= 0.6 is 0 Å². The Labute approximate surface area is 173 Å². The first-order chi connectivity index (χ1) is 13.3. The third kappa shape index (κ3) is 2.95. The molecular formula is C26H46O2. The molecule has 4 aliphatic carbocycles. The van der Waals surface area contributed by atoms with Gasteiger partial charge in [-0.05, 0) is 97.2 Å². The van der Waals surface area contributed by atoms with E-state index in [1.165, 1.54) is 44.9 Å². The van der Waals surface area contributed by atoms with E-state index in [2.05, 4.69) is 34.6 Å². The fourth-order valence-electron chi connectivity index (χ4n) is 9.59. The molecule has 0 spiro atoms. The predicted octanol–water partition coefficient (Wildman–Crippen LogP) is 6.05. The van der Waals surface area contributed by atoms with Crippen LogP contribution in [0.5, 0.6) is 0 Å². The van der Waals surface area contributed by atoms with Crippen molar-refractivity contribution in [2.24, 2.45) is 52.3 Å². The van der Waals surface area contributed by atoms with Crippen molar-refractivity contribution in [3.05, 3.63) is 0 Å². The molecule has 28 heavy (non-hydrogen) atoms. The Hall–Kier alpha value is -0.0800. The van der Waals surface area contributed by atoms with Crippen molar-refractivity contribution in [2.45, 2.75) is 111 Å². The van der Waals surface area contributed by atoms with Gasteiger partial charge in [0, 0.05) is 0 Å². The average molecular weight is 391 g/mol. The zero-order valence-electron chi connectivity index (χ0n) is 19.2. The van der Waals surface area contributed by atoms with Crippen LogP contribution < -0.4 is 0 Å². The monoisotopic (exact) mass is 390 g/mol. The van der Waals surface area contributed by atoms with Crippen molar-refractivity contribution in [3.63, 3.8) is 0 Å². The van der Waals surface area contributed by atoms with E-state index in [1.54, 1.807) is 0 Å². The van der Waals surface area contributed by atoms with Crippen molar-refractivity contribution >= 4 is 0 Å². The summed E-state index contributed by atoms with van der Waals surface area (Å²) in [6.07, 6.45) is 11.9. The Morgan fingerprint density at radius 3 is 2.25 bits per heavy atom. The molecule has 0 amide bonds. The number of rotatable bonds is 4. The highest BCUT2D eigenvalue weighted by molar-refractivity contribution is 5.13. The number of hydrogen-bond donors (Lipinski definition) is 2. The zero-order valence-corrected chi connectivity index (χ0v) is 19.2. The Balaban J connectivity index is 1.67. The molecular weight excluding hydrogens is 344 g/mol. The van der Waals surface area contributed by atoms with E-state index in [0.717, 1.165) is 31.1 Å². The second-order valence-corrected chi connectivity index (χ2v) is 11.9. The molecule has 2 N–H and O–H groups in total. The summed E-state index contributed by atoms with van der Waals surface area (Å²) in [5, 5.41) is 22.1. The van der Waals surface area contributed by atoms with E-state index in [0.29, 0.717) is 40.4 Å². The zero-order chi connectivity index (χ0) is 20.3. The van der Waals surface area contributed by atoms with Crippen LogP contribution in [0.4, 0.5) is 0 Å². The summed E-state index contributed by atoms with van der Waals surface area (Å²) < 4.78 is 0. The van der Waals surface area contributed by atoms with Crippen LogP contribution in [0.25, 0.3) is 0 Å². The van der Waals surface area contributed by atoms with E-state index in [4.69, 9.17) is 0 Å². The maximum absolute atomic E-state index is 11.7. The van der Waals surface area contributed by atoms with Gasteiger partial charge in [-0.25, -0.2) is 0 Å². The van der Waals surface area contributed by atoms with Crippen LogP contribution in [0.1, 0.15) is 98.8 Å². The molecule has 4 saturated carbocycles. The van der Waals surface area contributed by atoms with Crippen LogP contribution in [-0.2, 0) is 0 Å². The first-order valence-electron chi connectivity index (χ1n) is 12.6. The summed E-state index contributed by atoms with van der Waals surface area (Å²) in [5.41, 5.74) is 0.769. The van der Waals surface area contributed by atoms with Crippen LogP contribution in [0.3, 0.4) is 0 Å². The Morgan fingerprint density at radius 2 is 1.57 bits per heavy atom. The highest BCUT2D eigenvalue weighted by Gasteiger charge is 2.64. The molecule has 4 unspecified atom stereocenters. The summed E-state index contributed by atoms with van der Waals surface area (Å²) in [6.45, 7) is 12.3. The van der Waals surface area contributed by atoms with E-state index < -0.39 is 0 Å². The quantitative estimate of drug-likeness (QED) is 0.613. The largest absolute Gasteiger partial charge is 0.393 e. The number of aliphatic hydroxyl groups is 2. The molecule has 4 aliphatic rings. The first-order valence-corrected chi connectivity index (χ1v) is 12.6. The fourth-order valence-corrected chi connectivity index (χ4v) is 9.59. The molecule has 0 aliphatic heterocycles. The normalized spacial score (nSPS) is 54.5. The fraction of sp³-hybridized carbons (Fsp3) is 1.00. The molecule has 0 heterocycles. The summed E-state index contributed by atoms with van der Waals surface area (Å²) in [5.74, 6) is 4.45. The predicted molar refractivity (Wildman–Crippen MR) is 116 cm³/mol. The van der Waals surface area contributed by atoms with E-state index in [-0.39, 0.29) is 12.2 Å². The van der Waals surface area contributed by atoms with Gasteiger partial charge >= 0.3 is 0 Å². The molecule has 0 saturated heterocycles. The SMILES string of the molecule is CCC[C@@H](C)[C@H]1CCC2C3C(CC[C@@]21C)[C@@]1(C)CC[C@@H](O)CC1[C@@H](CC)[C@H]3O. The highest BCUT2D eigenvalue weighted by atomic mass is 16.3. The molecule has 0 bridgehead atoms. The minimum absolute atomic E-state index is 0.143. The van der Waals surface area contributed by atoms with Gasteiger partial charge in [-0.1, -0.05) is 53.9 Å².